The highest BCUT2D eigenvalue weighted by Gasteiger charge is 2.41. The Morgan fingerprint density at radius 3 is 2.96 bits per heavy atom. The van der Waals surface area contributed by atoms with Gasteiger partial charge in [-0.3, -0.25) is 4.90 Å². The van der Waals surface area contributed by atoms with Crippen LogP contribution in [0.4, 0.5) is 5.82 Å². The number of hydrogen-bond acceptors (Lipinski definition) is 7. The molecule has 5 rings (SSSR count). The number of hydrogen-bond donors (Lipinski definition) is 0. The number of anilines is 1. The van der Waals surface area contributed by atoms with Crippen LogP contribution >= 0.6 is 0 Å². The third-order valence-electron chi connectivity index (χ3n) is 5.55. The summed E-state index contributed by atoms with van der Waals surface area (Å²) in [6, 6.07) is 13.0. The molecule has 2 aromatic heterocycles. The van der Waals surface area contributed by atoms with E-state index in [4.69, 9.17) is 9.47 Å². The Hall–Kier alpha value is -2.55. The Bertz CT molecular complexity index is 946. The van der Waals surface area contributed by atoms with Gasteiger partial charge in [-0.1, -0.05) is 30.3 Å². The minimum atomic E-state index is 0.190. The second-order valence-corrected chi connectivity index (χ2v) is 7.35. The molecule has 2 aliphatic rings. The highest BCUT2D eigenvalue weighted by Crippen LogP contribution is 2.29. The molecule has 0 N–H and O–H groups in total. The first kappa shape index (κ1) is 17.5. The van der Waals surface area contributed by atoms with Crippen LogP contribution in [0, 0.1) is 0 Å². The van der Waals surface area contributed by atoms with Gasteiger partial charge >= 0.3 is 0 Å². The van der Waals surface area contributed by atoms with Crippen molar-refractivity contribution in [2.75, 3.05) is 38.3 Å². The number of rotatable bonds is 5. The molecule has 2 atom stereocenters. The van der Waals surface area contributed by atoms with Crippen molar-refractivity contribution in [3.8, 4) is 0 Å². The molecular weight excluding hydrogens is 356 g/mol. The zero-order valence-corrected chi connectivity index (χ0v) is 15.9. The van der Waals surface area contributed by atoms with Gasteiger partial charge in [0.25, 0.3) is 5.78 Å². The van der Waals surface area contributed by atoms with Crippen molar-refractivity contribution in [2.24, 2.45) is 0 Å². The molecule has 8 heteroatoms. The summed E-state index contributed by atoms with van der Waals surface area (Å²) in [7, 11) is 1.68. The van der Waals surface area contributed by atoms with Gasteiger partial charge in [0, 0.05) is 39.4 Å². The molecule has 8 nitrogen and oxygen atoms in total. The largest absolute Gasteiger partial charge is 0.378 e. The third-order valence-corrected chi connectivity index (χ3v) is 5.55. The summed E-state index contributed by atoms with van der Waals surface area (Å²) in [4.78, 5) is 13.7. The maximum atomic E-state index is 6.12. The van der Waals surface area contributed by atoms with Crippen LogP contribution in [0.25, 0.3) is 5.78 Å². The van der Waals surface area contributed by atoms with Crippen molar-refractivity contribution in [3.05, 3.63) is 54.0 Å². The second-order valence-electron chi connectivity index (χ2n) is 7.35. The summed E-state index contributed by atoms with van der Waals surface area (Å²) >= 11 is 0. The van der Waals surface area contributed by atoms with Crippen molar-refractivity contribution in [1.29, 1.82) is 0 Å². The normalized spacial score (nSPS) is 22.7. The van der Waals surface area contributed by atoms with Gasteiger partial charge in [-0.25, -0.2) is 4.98 Å². The first-order chi connectivity index (χ1) is 13.8. The van der Waals surface area contributed by atoms with Gasteiger partial charge in [0.1, 0.15) is 12.1 Å². The second kappa shape index (κ2) is 7.46. The van der Waals surface area contributed by atoms with Crippen molar-refractivity contribution >= 4 is 11.6 Å². The van der Waals surface area contributed by atoms with E-state index in [2.05, 4.69) is 55.2 Å². The van der Waals surface area contributed by atoms with Crippen LogP contribution in [0.5, 0.6) is 0 Å². The number of ether oxygens (including phenoxy) is 2. The lowest BCUT2D eigenvalue weighted by Crippen LogP contribution is -2.50. The first-order valence-corrected chi connectivity index (χ1v) is 9.65. The number of benzene rings is 1. The molecule has 2 saturated heterocycles. The van der Waals surface area contributed by atoms with E-state index in [1.54, 1.807) is 18.0 Å². The Balaban J connectivity index is 1.41. The van der Waals surface area contributed by atoms with Gasteiger partial charge in [-0.05, 0) is 5.56 Å². The summed E-state index contributed by atoms with van der Waals surface area (Å²) in [5.41, 5.74) is 2.20. The molecule has 0 radical (unpaired) electrons. The molecule has 28 heavy (non-hydrogen) atoms. The molecule has 0 saturated carbocycles. The van der Waals surface area contributed by atoms with Crippen molar-refractivity contribution in [1.82, 2.24) is 24.5 Å². The van der Waals surface area contributed by atoms with Gasteiger partial charge < -0.3 is 14.4 Å². The van der Waals surface area contributed by atoms with Crippen LogP contribution in [0.2, 0.25) is 0 Å². The highest BCUT2D eigenvalue weighted by atomic mass is 16.5. The number of fused-ring (bicyclic) bond motifs is 2. The molecule has 0 spiro atoms. The van der Waals surface area contributed by atoms with Crippen LogP contribution < -0.4 is 4.90 Å². The van der Waals surface area contributed by atoms with E-state index in [9.17, 15) is 0 Å². The number of morpholine rings is 1. The molecule has 0 bridgehead atoms. The van der Waals surface area contributed by atoms with Crippen molar-refractivity contribution in [3.63, 3.8) is 0 Å². The average molecular weight is 380 g/mol. The summed E-state index contributed by atoms with van der Waals surface area (Å²) in [6.45, 7) is 4.85. The van der Waals surface area contributed by atoms with Gasteiger partial charge in [0.2, 0.25) is 0 Å². The Kier molecular flexibility index (Phi) is 4.67. The lowest BCUT2D eigenvalue weighted by atomic mass is 10.1. The Labute approximate surface area is 163 Å². The van der Waals surface area contributed by atoms with E-state index < -0.39 is 0 Å². The SMILES string of the molecule is COCc1cc(N2CC3OCCN(Cc4ccccc4)C3C2)n2ncnc2n1. The summed E-state index contributed by atoms with van der Waals surface area (Å²) in [6.07, 6.45) is 1.74. The number of methoxy groups -OCH3 is 1. The summed E-state index contributed by atoms with van der Waals surface area (Å²) in [5.74, 6) is 1.59. The monoisotopic (exact) mass is 380 g/mol. The van der Waals surface area contributed by atoms with Crippen LogP contribution in [0.1, 0.15) is 11.3 Å². The molecule has 0 aliphatic carbocycles. The standard InChI is InChI=1S/C20H24N6O2/c1-27-13-16-9-19(26-20(23-16)21-14-22-26)25-11-17-18(12-25)28-8-7-24(17)10-15-5-3-2-4-6-15/h2-6,9,14,17-18H,7-8,10-13H2,1H3. The van der Waals surface area contributed by atoms with Crippen molar-refractivity contribution in [2.45, 2.75) is 25.3 Å². The predicted octanol–water partition coefficient (Wildman–Crippen LogP) is 1.36. The number of aromatic nitrogens is 4. The van der Waals surface area contributed by atoms with E-state index in [0.29, 0.717) is 18.4 Å². The van der Waals surface area contributed by atoms with Gasteiger partial charge in [0.15, 0.2) is 0 Å². The predicted molar refractivity (Wildman–Crippen MR) is 104 cm³/mol. The third kappa shape index (κ3) is 3.23. The Morgan fingerprint density at radius 2 is 2.11 bits per heavy atom. The fraction of sp³-hybridized carbons (Fsp3) is 0.450. The summed E-state index contributed by atoms with van der Waals surface area (Å²) in [5, 5.41) is 4.37. The van der Waals surface area contributed by atoms with Crippen LogP contribution in [0.15, 0.2) is 42.7 Å². The molecule has 1 aromatic carbocycles. The Morgan fingerprint density at radius 1 is 1.21 bits per heavy atom. The molecular formula is C20H24N6O2. The lowest BCUT2D eigenvalue weighted by Gasteiger charge is -2.36. The number of nitrogens with zero attached hydrogens (tertiary/aromatic N) is 6. The molecule has 0 amide bonds. The van der Waals surface area contributed by atoms with Crippen LogP contribution in [-0.2, 0) is 22.6 Å². The molecule has 2 fully saturated rings. The maximum absolute atomic E-state index is 6.12. The topological polar surface area (TPSA) is 68.0 Å². The van der Waals surface area contributed by atoms with Gasteiger partial charge in [-0.2, -0.15) is 14.6 Å². The van der Waals surface area contributed by atoms with Gasteiger partial charge in [-0.15, -0.1) is 0 Å². The van der Waals surface area contributed by atoms with E-state index in [1.165, 1.54) is 5.56 Å². The quantitative estimate of drug-likeness (QED) is 0.662. The highest BCUT2D eigenvalue weighted by molar-refractivity contribution is 5.49. The minimum Gasteiger partial charge on any atom is -0.378 e. The maximum Gasteiger partial charge on any atom is 0.254 e. The fourth-order valence-corrected chi connectivity index (χ4v) is 4.25. The smallest absolute Gasteiger partial charge is 0.254 e. The van der Waals surface area contributed by atoms with E-state index in [-0.39, 0.29) is 6.10 Å². The molecule has 3 aromatic rings. The first-order valence-electron chi connectivity index (χ1n) is 9.65. The van der Waals surface area contributed by atoms with E-state index >= 15 is 0 Å². The molecule has 146 valence electrons. The fourth-order valence-electron chi connectivity index (χ4n) is 4.25. The minimum absolute atomic E-state index is 0.190. The summed E-state index contributed by atoms with van der Waals surface area (Å²) < 4.78 is 13.2. The molecule has 4 heterocycles. The van der Waals surface area contributed by atoms with Crippen molar-refractivity contribution < 1.29 is 9.47 Å². The molecule has 2 unspecified atom stereocenters. The zero-order chi connectivity index (χ0) is 18.9. The lowest BCUT2D eigenvalue weighted by molar-refractivity contribution is -0.0499. The average Bonchev–Trinajstić information content (AvgIpc) is 3.36. The van der Waals surface area contributed by atoms with E-state index in [0.717, 1.165) is 44.3 Å². The van der Waals surface area contributed by atoms with E-state index in [1.807, 2.05) is 6.07 Å². The zero-order valence-electron chi connectivity index (χ0n) is 15.9. The van der Waals surface area contributed by atoms with Crippen LogP contribution in [-0.4, -0.2) is 70.0 Å². The van der Waals surface area contributed by atoms with Gasteiger partial charge in [0.05, 0.1) is 31.1 Å². The van der Waals surface area contributed by atoms with Crippen LogP contribution in [0.3, 0.4) is 0 Å². The molecule has 2 aliphatic heterocycles.